The first-order valence-electron chi connectivity index (χ1n) is 9.12. The number of hydrogen-bond acceptors (Lipinski definition) is 5. The number of hydrogen-bond donors (Lipinski definition) is 1. The van der Waals surface area contributed by atoms with Gasteiger partial charge in [-0.2, -0.15) is 0 Å². The number of nitrogens with zero attached hydrogens (tertiary/aromatic N) is 2. The Morgan fingerprint density at radius 3 is 2.84 bits per heavy atom. The van der Waals surface area contributed by atoms with Crippen LogP contribution in [0.5, 0.6) is 5.75 Å². The van der Waals surface area contributed by atoms with Gasteiger partial charge in [-0.05, 0) is 37.5 Å². The standard InChI is InChI=1S/C19H28N2O4/c1-15-4-2-5-17(12-15)25-14-16(22)13-20-7-9-21(10-8-20)19(23)18-6-3-11-24-18/h2,4-5,12,16,18,22H,3,6-11,13-14H2,1H3. The molecule has 0 saturated carbocycles. The lowest BCUT2D eigenvalue weighted by molar-refractivity contribution is -0.142. The summed E-state index contributed by atoms with van der Waals surface area (Å²) in [7, 11) is 0. The van der Waals surface area contributed by atoms with Crippen molar-refractivity contribution < 1.29 is 19.4 Å². The van der Waals surface area contributed by atoms with Crippen LogP contribution in [0.2, 0.25) is 0 Å². The van der Waals surface area contributed by atoms with Gasteiger partial charge < -0.3 is 19.5 Å². The molecular weight excluding hydrogens is 320 g/mol. The van der Waals surface area contributed by atoms with E-state index in [1.165, 1.54) is 0 Å². The third-order valence-electron chi connectivity index (χ3n) is 4.79. The minimum atomic E-state index is -0.541. The van der Waals surface area contributed by atoms with Crippen molar-refractivity contribution in [3.63, 3.8) is 0 Å². The lowest BCUT2D eigenvalue weighted by Crippen LogP contribution is -2.53. The first kappa shape index (κ1) is 18.2. The molecule has 0 aromatic heterocycles. The summed E-state index contributed by atoms with van der Waals surface area (Å²) in [6.07, 6.45) is 1.04. The summed E-state index contributed by atoms with van der Waals surface area (Å²) < 4.78 is 11.1. The Balaban J connectivity index is 1.37. The van der Waals surface area contributed by atoms with Crippen LogP contribution in [0, 0.1) is 6.92 Å². The zero-order valence-corrected chi connectivity index (χ0v) is 14.9. The van der Waals surface area contributed by atoms with Crippen molar-refractivity contribution in [1.82, 2.24) is 9.80 Å². The molecule has 1 amide bonds. The predicted octanol–water partition coefficient (Wildman–Crippen LogP) is 1.06. The summed E-state index contributed by atoms with van der Waals surface area (Å²) >= 11 is 0. The van der Waals surface area contributed by atoms with Gasteiger partial charge in [0.2, 0.25) is 0 Å². The van der Waals surface area contributed by atoms with Gasteiger partial charge in [-0.25, -0.2) is 0 Å². The predicted molar refractivity (Wildman–Crippen MR) is 94.7 cm³/mol. The Morgan fingerprint density at radius 1 is 1.36 bits per heavy atom. The van der Waals surface area contributed by atoms with Gasteiger partial charge in [0.05, 0.1) is 0 Å². The number of aliphatic hydroxyl groups excluding tert-OH is 1. The molecule has 1 N–H and O–H groups in total. The van der Waals surface area contributed by atoms with Crippen molar-refractivity contribution in [2.24, 2.45) is 0 Å². The van der Waals surface area contributed by atoms with Gasteiger partial charge in [0, 0.05) is 39.3 Å². The summed E-state index contributed by atoms with van der Waals surface area (Å²) in [5.41, 5.74) is 1.14. The maximum absolute atomic E-state index is 12.3. The van der Waals surface area contributed by atoms with E-state index in [9.17, 15) is 9.90 Å². The van der Waals surface area contributed by atoms with Crippen LogP contribution in [-0.4, -0.2) is 79.0 Å². The third kappa shape index (κ3) is 5.17. The molecule has 25 heavy (non-hydrogen) atoms. The Hall–Kier alpha value is -1.63. The van der Waals surface area contributed by atoms with Crippen LogP contribution < -0.4 is 4.74 Å². The molecule has 2 aliphatic heterocycles. The summed E-state index contributed by atoms with van der Waals surface area (Å²) in [6, 6.07) is 7.82. The average Bonchev–Trinajstić information content (AvgIpc) is 3.15. The number of aliphatic hydroxyl groups is 1. The van der Waals surface area contributed by atoms with E-state index < -0.39 is 6.10 Å². The van der Waals surface area contributed by atoms with Gasteiger partial charge in [0.15, 0.2) is 0 Å². The molecule has 2 aliphatic rings. The SMILES string of the molecule is Cc1cccc(OCC(O)CN2CCN(C(=O)C3CCCO3)CC2)c1. The minimum Gasteiger partial charge on any atom is -0.491 e. The Morgan fingerprint density at radius 2 is 2.16 bits per heavy atom. The van der Waals surface area contributed by atoms with Crippen molar-refractivity contribution >= 4 is 5.91 Å². The first-order valence-corrected chi connectivity index (χ1v) is 9.12. The zero-order valence-electron chi connectivity index (χ0n) is 14.9. The van der Waals surface area contributed by atoms with E-state index in [0.29, 0.717) is 26.2 Å². The van der Waals surface area contributed by atoms with Gasteiger partial charge >= 0.3 is 0 Å². The molecule has 6 heteroatoms. The maximum Gasteiger partial charge on any atom is 0.251 e. The fourth-order valence-corrected chi connectivity index (χ4v) is 3.38. The second-order valence-electron chi connectivity index (χ2n) is 6.91. The lowest BCUT2D eigenvalue weighted by Gasteiger charge is -2.36. The van der Waals surface area contributed by atoms with Crippen molar-refractivity contribution in [3.8, 4) is 5.75 Å². The maximum atomic E-state index is 12.3. The van der Waals surface area contributed by atoms with E-state index in [1.54, 1.807) is 0 Å². The number of rotatable bonds is 6. The van der Waals surface area contributed by atoms with E-state index in [4.69, 9.17) is 9.47 Å². The highest BCUT2D eigenvalue weighted by molar-refractivity contribution is 5.81. The normalized spacial score (nSPS) is 22.8. The van der Waals surface area contributed by atoms with Gasteiger partial charge in [0.25, 0.3) is 5.91 Å². The van der Waals surface area contributed by atoms with Crippen molar-refractivity contribution in [1.29, 1.82) is 0 Å². The van der Waals surface area contributed by atoms with Crippen LogP contribution in [0.3, 0.4) is 0 Å². The van der Waals surface area contributed by atoms with Crippen LogP contribution >= 0.6 is 0 Å². The van der Waals surface area contributed by atoms with Crippen molar-refractivity contribution in [2.75, 3.05) is 45.9 Å². The molecule has 0 radical (unpaired) electrons. The number of amides is 1. The molecule has 0 spiro atoms. The van der Waals surface area contributed by atoms with Gasteiger partial charge in [0.1, 0.15) is 24.6 Å². The zero-order chi connectivity index (χ0) is 17.6. The Bertz CT molecular complexity index is 566. The molecule has 1 aromatic rings. The number of piperazine rings is 1. The number of β-amino-alcohol motifs (C(OH)–C–C–N with tert-alkyl or cyclic N) is 1. The molecule has 2 fully saturated rings. The first-order chi connectivity index (χ1) is 12.1. The van der Waals surface area contributed by atoms with Crippen LogP contribution in [0.1, 0.15) is 18.4 Å². The lowest BCUT2D eigenvalue weighted by atomic mass is 10.2. The molecule has 2 atom stereocenters. The van der Waals surface area contributed by atoms with Gasteiger partial charge in [-0.15, -0.1) is 0 Å². The Kier molecular flexibility index (Phi) is 6.29. The van der Waals surface area contributed by atoms with E-state index in [1.807, 2.05) is 36.1 Å². The molecule has 2 heterocycles. The topological polar surface area (TPSA) is 62.2 Å². The van der Waals surface area contributed by atoms with Crippen LogP contribution in [-0.2, 0) is 9.53 Å². The number of carbonyl (C=O) groups excluding carboxylic acids is 1. The van der Waals surface area contributed by atoms with Crippen LogP contribution in [0.25, 0.3) is 0 Å². The molecule has 3 rings (SSSR count). The highest BCUT2D eigenvalue weighted by atomic mass is 16.5. The van der Waals surface area contributed by atoms with E-state index in [-0.39, 0.29) is 18.6 Å². The second-order valence-corrected chi connectivity index (χ2v) is 6.91. The third-order valence-corrected chi connectivity index (χ3v) is 4.79. The van der Waals surface area contributed by atoms with Crippen molar-refractivity contribution in [2.45, 2.75) is 32.0 Å². The second kappa shape index (κ2) is 8.65. The van der Waals surface area contributed by atoms with Gasteiger partial charge in [-0.1, -0.05) is 12.1 Å². The van der Waals surface area contributed by atoms with E-state index in [2.05, 4.69) is 4.90 Å². The van der Waals surface area contributed by atoms with Crippen LogP contribution in [0.4, 0.5) is 0 Å². The van der Waals surface area contributed by atoms with Crippen LogP contribution in [0.15, 0.2) is 24.3 Å². The molecule has 2 unspecified atom stereocenters. The summed E-state index contributed by atoms with van der Waals surface area (Å²) in [4.78, 5) is 16.4. The summed E-state index contributed by atoms with van der Waals surface area (Å²) in [6.45, 7) is 6.50. The molecule has 138 valence electrons. The summed E-state index contributed by atoms with van der Waals surface area (Å²) in [5.74, 6) is 0.909. The fourth-order valence-electron chi connectivity index (χ4n) is 3.38. The van der Waals surface area contributed by atoms with E-state index >= 15 is 0 Å². The molecular formula is C19H28N2O4. The largest absolute Gasteiger partial charge is 0.491 e. The molecule has 2 saturated heterocycles. The molecule has 1 aromatic carbocycles. The fraction of sp³-hybridized carbons (Fsp3) is 0.632. The average molecular weight is 348 g/mol. The van der Waals surface area contributed by atoms with Gasteiger partial charge in [-0.3, -0.25) is 9.69 Å². The smallest absolute Gasteiger partial charge is 0.251 e. The highest BCUT2D eigenvalue weighted by Crippen LogP contribution is 2.16. The number of ether oxygens (including phenoxy) is 2. The minimum absolute atomic E-state index is 0.125. The molecule has 0 bridgehead atoms. The van der Waals surface area contributed by atoms with Crippen molar-refractivity contribution in [3.05, 3.63) is 29.8 Å². The molecule has 6 nitrogen and oxygen atoms in total. The monoisotopic (exact) mass is 348 g/mol. The number of aryl methyl sites for hydroxylation is 1. The Labute approximate surface area is 149 Å². The number of benzene rings is 1. The molecule has 0 aliphatic carbocycles. The number of carbonyl (C=O) groups is 1. The van der Waals surface area contributed by atoms with E-state index in [0.717, 1.165) is 37.2 Å². The summed E-state index contributed by atoms with van der Waals surface area (Å²) in [5, 5.41) is 10.2. The quantitative estimate of drug-likeness (QED) is 0.833. The highest BCUT2D eigenvalue weighted by Gasteiger charge is 2.30.